The van der Waals surface area contributed by atoms with Crippen LogP contribution in [0.3, 0.4) is 0 Å². The Labute approximate surface area is 122 Å². The van der Waals surface area contributed by atoms with Crippen LogP contribution in [-0.4, -0.2) is 6.54 Å². The quantitative estimate of drug-likeness (QED) is 0.913. The second-order valence-electron chi connectivity index (χ2n) is 4.62. The molecule has 114 valence electrons. The first-order valence-electron chi connectivity index (χ1n) is 6.59. The SMILES string of the molecule is CC(N)c1cccc(F)c1.NCCc1ccc(F)cc1F. The van der Waals surface area contributed by atoms with Gasteiger partial charge in [-0.1, -0.05) is 18.2 Å². The Balaban J connectivity index is 0.000000211. The Hall–Kier alpha value is -1.85. The van der Waals surface area contributed by atoms with Crippen molar-refractivity contribution in [2.24, 2.45) is 11.5 Å². The van der Waals surface area contributed by atoms with Crippen molar-refractivity contribution < 1.29 is 13.2 Å². The molecule has 2 rings (SSSR count). The lowest BCUT2D eigenvalue weighted by molar-refractivity contribution is 0.572. The van der Waals surface area contributed by atoms with Crippen molar-refractivity contribution in [3.63, 3.8) is 0 Å². The van der Waals surface area contributed by atoms with E-state index >= 15 is 0 Å². The average Bonchev–Trinajstić information content (AvgIpc) is 2.43. The van der Waals surface area contributed by atoms with Gasteiger partial charge < -0.3 is 11.5 Å². The van der Waals surface area contributed by atoms with E-state index in [1.807, 2.05) is 13.0 Å². The minimum Gasteiger partial charge on any atom is -0.330 e. The highest BCUT2D eigenvalue weighted by atomic mass is 19.1. The van der Waals surface area contributed by atoms with Crippen molar-refractivity contribution in [3.05, 3.63) is 71.0 Å². The molecule has 1 unspecified atom stereocenters. The molecule has 5 heteroatoms. The Bertz CT molecular complexity index is 571. The maximum absolute atomic E-state index is 12.7. The summed E-state index contributed by atoms with van der Waals surface area (Å²) in [7, 11) is 0. The van der Waals surface area contributed by atoms with Gasteiger partial charge in [0.2, 0.25) is 0 Å². The van der Waals surface area contributed by atoms with Gasteiger partial charge in [-0.2, -0.15) is 0 Å². The van der Waals surface area contributed by atoms with Crippen molar-refractivity contribution in [2.75, 3.05) is 6.54 Å². The maximum atomic E-state index is 12.7. The molecular weight excluding hydrogens is 277 g/mol. The van der Waals surface area contributed by atoms with Crippen LogP contribution in [0.2, 0.25) is 0 Å². The van der Waals surface area contributed by atoms with Gasteiger partial charge in [-0.05, 0) is 49.2 Å². The largest absolute Gasteiger partial charge is 0.330 e. The van der Waals surface area contributed by atoms with Gasteiger partial charge in [-0.25, -0.2) is 13.2 Å². The fourth-order valence-electron chi connectivity index (χ4n) is 1.67. The summed E-state index contributed by atoms with van der Waals surface area (Å²) < 4.78 is 37.5. The van der Waals surface area contributed by atoms with Gasteiger partial charge >= 0.3 is 0 Å². The van der Waals surface area contributed by atoms with Crippen LogP contribution in [0, 0.1) is 17.5 Å². The van der Waals surface area contributed by atoms with Crippen molar-refractivity contribution in [2.45, 2.75) is 19.4 Å². The highest BCUT2D eigenvalue weighted by Crippen LogP contribution is 2.10. The summed E-state index contributed by atoms with van der Waals surface area (Å²) >= 11 is 0. The van der Waals surface area contributed by atoms with E-state index < -0.39 is 11.6 Å². The Morgan fingerprint density at radius 2 is 1.67 bits per heavy atom. The normalized spacial score (nSPS) is 11.5. The third kappa shape index (κ3) is 5.97. The first-order valence-corrected chi connectivity index (χ1v) is 6.59. The monoisotopic (exact) mass is 296 g/mol. The van der Waals surface area contributed by atoms with Gasteiger partial charge in [-0.15, -0.1) is 0 Å². The molecule has 0 heterocycles. The molecule has 4 N–H and O–H groups in total. The van der Waals surface area contributed by atoms with Gasteiger partial charge in [0.05, 0.1) is 0 Å². The van der Waals surface area contributed by atoms with Crippen LogP contribution in [0.4, 0.5) is 13.2 Å². The van der Waals surface area contributed by atoms with Crippen LogP contribution >= 0.6 is 0 Å². The second kappa shape index (κ2) is 8.44. The molecule has 2 aromatic carbocycles. The Morgan fingerprint density at radius 1 is 1.00 bits per heavy atom. The topological polar surface area (TPSA) is 52.0 Å². The first-order chi connectivity index (χ1) is 9.93. The van der Waals surface area contributed by atoms with E-state index in [-0.39, 0.29) is 11.9 Å². The molecule has 0 aliphatic rings. The summed E-state index contributed by atoms with van der Waals surface area (Å²) in [6, 6.07) is 9.75. The van der Waals surface area contributed by atoms with Crippen LogP contribution in [0.1, 0.15) is 24.1 Å². The lowest BCUT2D eigenvalue weighted by Crippen LogP contribution is -2.04. The zero-order valence-electron chi connectivity index (χ0n) is 11.8. The molecule has 0 aromatic heterocycles. The zero-order chi connectivity index (χ0) is 15.8. The van der Waals surface area contributed by atoms with Gasteiger partial charge in [0.25, 0.3) is 0 Å². The predicted molar refractivity (Wildman–Crippen MR) is 78.1 cm³/mol. The number of nitrogens with two attached hydrogens (primary N) is 2. The maximum Gasteiger partial charge on any atom is 0.129 e. The second-order valence-corrected chi connectivity index (χ2v) is 4.62. The van der Waals surface area contributed by atoms with Gasteiger partial charge in [0, 0.05) is 12.1 Å². The number of hydrogen-bond donors (Lipinski definition) is 2. The van der Waals surface area contributed by atoms with Crippen molar-refractivity contribution in [1.82, 2.24) is 0 Å². The van der Waals surface area contributed by atoms with E-state index in [2.05, 4.69) is 0 Å². The highest BCUT2D eigenvalue weighted by molar-refractivity contribution is 5.19. The third-order valence-corrected chi connectivity index (χ3v) is 2.80. The molecule has 0 aliphatic carbocycles. The van der Waals surface area contributed by atoms with Crippen LogP contribution in [0.15, 0.2) is 42.5 Å². The molecule has 0 saturated carbocycles. The van der Waals surface area contributed by atoms with Crippen LogP contribution in [-0.2, 0) is 6.42 Å². The summed E-state index contributed by atoms with van der Waals surface area (Å²) in [6.45, 7) is 2.21. The molecule has 0 fully saturated rings. The molecule has 1 atom stereocenters. The van der Waals surface area contributed by atoms with Crippen molar-refractivity contribution in [3.8, 4) is 0 Å². The highest BCUT2D eigenvalue weighted by Gasteiger charge is 2.01. The van der Waals surface area contributed by atoms with E-state index in [0.717, 1.165) is 11.6 Å². The fourth-order valence-corrected chi connectivity index (χ4v) is 1.67. The van der Waals surface area contributed by atoms with Gasteiger partial charge in [-0.3, -0.25) is 0 Å². The Kier molecular flexibility index (Phi) is 6.91. The zero-order valence-corrected chi connectivity index (χ0v) is 11.8. The molecule has 0 saturated heterocycles. The van der Waals surface area contributed by atoms with E-state index in [1.54, 1.807) is 6.07 Å². The van der Waals surface area contributed by atoms with E-state index in [9.17, 15) is 13.2 Å². The van der Waals surface area contributed by atoms with E-state index in [0.29, 0.717) is 18.5 Å². The summed E-state index contributed by atoms with van der Waals surface area (Å²) in [5, 5.41) is 0. The summed E-state index contributed by atoms with van der Waals surface area (Å²) in [5.74, 6) is -1.30. The van der Waals surface area contributed by atoms with Gasteiger partial charge in [0.1, 0.15) is 17.5 Å². The standard InChI is InChI=1S/C8H9F2N.C8H10FN/c9-7-2-1-6(3-4-11)8(10)5-7;1-6(10)7-3-2-4-8(9)5-7/h1-2,5H,3-4,11H2;2-6H,10H2,1H3. The molecule has 2 aromatic rings. The number of rotatable bonds is 3. The molecule has 0 aliphatic heterocycles. The van der Waals surface area contributed by atoms with Crippen molar-refractivity contribution in [1.29, 1.82) is 0 Å². The van der Waals surface area contributed by atoms with Crippen LogP contribution < -0.4 is 11.5 Å². The van der Waals surface area contributed by atoms with Gasteiger partial charge in [0.15, 0.2) is 0 Å². The number of benzene rings is 2. The van der Waals surface area contributed by atoms with Crippen LogP contribution in [0.5, 0.6) is 0 Å². The molecule has 0 bridgehead atoms. The predicted octanol–water partition coefficient (Wildman–Crippen LogP) is 3.31. The van der Waals surface area contributed by atoms with Crippen molar-refractivity contribution >= 4 is 0 Å². The van der Waals surface area contributed by atoms with E-state index in [1.165, 1.54) is 24.3 Å². The first kappa shape index (κ1) is 17.2. The van der Waals surface area contributed by atoms with Crippen LogP contribution in [0.25, 0.3) is 0 Å². The molecule has 2 nitrogen and oxygen atoms in total. The number of halogens is 3. The molecule has 0 spiro atoms. The molecule has 0 amide bonds. The van der Waals surface area contributed by atoms with E-state index in [4.69, 9.17) is 11.5 Å². The minimum atomic E-state index is -0.553. The fraction of sp³-hybridized carbons (Fsp3) is 0.250. The smallest absolute Gasteiger partial charge is 0.129 e. The number of hydrogen-bond acceptors (Lipinski definition) is 2. The molecular formula is C16H19F3N2. The lowest BCUT2D eigenvalue weighted by atomic mass is 10.1. The Morgan fingerprint density at radius 3 is 2.14 bits per heavy atom. The molecule has 0 radical (unpaired) electrons. The summed E-state index contributed by atoms with van der Waals surface area (Å²) in [6.07, 6.45) is 0.451. The molecule has 21 heavy (non-hydrogen) atoms. The third-order valence-electron chi connectivity index (χ3n) is 2.80. The summed E-state index contributed by atoms with van der Waals surface area (Å²) in [4.78, 5) is 0. The minimum absolute atomic E-state index is 0.0873. The average molecular weight is 296 g/mol. The summed E-state index contributed by atoms with van der Waals surface area (Å²) in [5.41, 5.74) is 12.0. The lowest BCUT2D eigenvalue weighted by Gasteiger charge is -2.03.